The summed E-state index contributed by atoms with van der Waals surface area (Å²) < 4.78 is 5.86. The molecule has 0 bridgehead atoms. The van der Waals surface area contributed by atoms with Crippen LogP contribution in [0.2, 0.25) is 0 Å². The summed E-state index contributed by atoms with van der Waals surface area (Å²) in [7, 11) is 0. The number of rotatable bonds is 8. The van der Waals surface area contributed by atoms with E-state index in [0.29, 0.717) is 18.7 Å². The Morgan fingerprint density at radius 1 is 1.13 bits per heavy atom. The van der Waals surface area contributed by atoms with Gasteiger partial charge in [-0.25, -0.2) is 0 Å². The summed E-state index contributed by atoms with van der Waals surface area (Å²) in [5.41, 5.74) is 2.84. The number of aryl methyl sites for hydroxylation is 1. The standard InChI is InChI=1S/C25H33N3O3/c1-18(2)23(27-24(29)21-11-7-8-19(3)14-21)25(30)26-15-22-17-28(12-13-31-22)16-20-9-5-4-6-10-20/h4-11,14,18,22-23H,12-13,15-17H2,1-3H3,(H,26,30)(H,27,29). The van der Waals surface area contributed by atoms with Crippen molar-refractivity contribution < 1.29 is 14.3 Å². The van der Waals surface area contributed by atoms with Gasteiger partial charge in [-0.1, -0.05) is 61.9 Å². The summed E-state index contributed by atoms with van der Waals surface area (Å²) in [5.74, 6) is -0.448. The highest BCUT2D eigenvalue weighted by molar-refractivity contribution is 5.97. The highest BCUT2D eigenvalue weighted by Gasteiger charge is 2.27. The maximum atomic E-state index is 12.8. The Morgan fingerprint density at radius 3 is 2.61 bits per heavy atom. The highest BCUT2D eigenvalue weighted by Crippen LogP contribution is 2.11. The fraction of sp³-hybridized carbons (Fsp3) is 0.440. The smallest absolute Gasteiger partial charge is 0.251 e. The molecule has 2 atom stereocenters. The van der Waals surface area contributed by atoms with Gasteiger partial charge in [0.1, 0.15) is 6.04 Å². The molecule has 0 saturated carbocycles. The SMILES string of the molecule is Cc1cccc(C(=O)NC(C(=O)NCC2CN(Cc3ccccc3)CCO2)C(C)C)c1. The monoisotopic (exact) mass is 423 g/mol. The van der Waals surface area contributed by atoms with Crippen LogP contribution in [0.4, 0.5) is 0 Å². The van der Waals surface area contributed by atoms with Gasteiger partial charge in [0.05, 0.1) is 12.7 Å². The van der Waals surface area contributed by atoms with Crippen LogP contribution < -0.4 is 10.6 Å². The molecular weight excluding hydrogens is 390 g/mol. The van der Waals surface area contributed by atoms with Crippen LogP contribution in [-0.4, -0.2) is 55.1 Å². The van der Waals surface area contributed by atoms with Crippen molar-refractivity contribution in [2.24, 2.45) is 5.92 Å². The van der Waals surface area contributed by atoms with E-state index in [0.717, 1.165) is 25.2 Å². The lowest BCUT2D eigenvalue weighted by Crippen LogP contribution is -2.53. The molecular formula is C25H33N3O3. The molecule has 1 aliphatic heterocycles. The number of benzene rings is 2. The Kier molecular flexibility index (Phi) is 8.20. The average molecular weight is 424 g/mol. The average Bonchev–Trinajstić information content (AvgIpc) is 2.76. The summed E-state index contributed by atoms with van der Waals surface area (Å²) in [6.07, 6.45) is -0.0679. The Labute approximate surface area is 185 Å². The van der Waals surface area contributed by atoms with Crippen molar-refractivity contribution in [1.82, 2.24) is 15.5 Å². The fourth-order valence-corrected chi connectivity index (χ4v) is 3.76. The Balaban J connectivity index is 1.51. The minimum absolute atomic E-state index is 0.0318. The summed E-state index contributed by atoms with van der Waals surface area (Å²) in [6.45, 7) is 9.37. The molecule has 1 saturated heterocycles. The van der Waals surface area contributed by atoms with Gasteiger partial charge < -0.3 is 15.4 Å². The first-order valence-electron chi connectivity index (χ1n) is 11.0. The molecule has 6 heteroatoms. The number of nitrogens with one attached hydrogen (secondary N) is 2. The third kappa shape index (κ3) is 6.91. The third-order valence-electron chi connectivity index (χ3n) is 5.49. The molecule has 0 radical (unpaired) electrons. The lowest BCUT2D eigenvalue weighted by atomic mass is 10.0. The predicted molar refractivity (Wildman–Crippen MR) is 122 cm³/mol. The molecule has 2 unspecified atom stereocenters. The Morgan fingerprint density at radius 2 is 1.90 bits per heavy atom. The van der Waals surface area contributed by atoms with Crippen LogP contribution in [0.25, 0.3) is 0 Å². The van der Waals surface area contributed by atoms with Gasteiger partial charge >= 0.3 is 0 Å². The van der Waals surface area contributed by atoms with Gasteiger partial charge in [-0.2, -0.15) is 0 Å². The number of morpholine rings is 1. The van der Waals surface area contributed by atoms with Crippen molar-refractivity contribution in [3.05, 3.63) is 71.3 Å². The number of ether oxygens (including phenoxy) is 1. The lowest BCUT2D eigenvalue weighted by molar-refractivity contribution is -0.125. The van der Waals surface area contributed by atoms with Gasteiger partial charge in [0, 0.05) is 31.7 Å². The summed E-state index contributed by atoms with van der Waals surface area (Å²) in [4.78, 5) is 27.8. The van der Waals surface area contributed by atoms with Gasteiger partial charge in [-0.3, -0.25) is 14.5 Å². The number of carbonyl (C=O) groups is 2. The minimum Gasteiger partial charge on any atom is -0.374 e. The molecule has 6 nitrogen and oxygen atoms in total. The molecule has 1 fully saturated rings. The second-order valence-electron chi connectivity index (χ2n) is 8.52. The second-order valence-corrected chi connectivity index (χ2v) is 8.52. The molecule has 0 aliphatic carbocycles. The summed E-state index contributed by atoms with van der Waals surface area (Å²) in [5, 5.41) is 5.87. The normalized spacial score (nSPS) is 17.9. The summed E-state index contributed by atoms with van der Waals surface area (Å²) in [6, 6.07) is 17.1. The van der Waals surface area contributed by atoms with E-state index in [1.54, 1.807) is 6.07 Å². The fourth-order valence-electron chi connectivity index (χ4n) is 3.76. The van der Waals surface area contributed by atoms with E-state index in [2.05, 4.69) is 27.7 Å². The van der Waals surface area contributed by atoms with Gasteiger partial charge in [0.2, 0.25) is 5.91 Å². The third-order valence-corrected chi connectivity index (χ3v) is 5.49. The number of amides is 2. The molecule has 2 aromatic rings. The van der Waals surface area contributed by atoms with Crippen LogP contribution in [0.5, 0.6) is 0 Å². The minimum atomic E-state index is -0.600. The van der Waals surface area contributed by atoms with E-state index >= 15 is 0 Å². The molecule has 2 amide bonds. The van der Waals surface area contributed by atoms with Gasteiger partial charge in [0.15, 0.2) is 0 Å². The molecule has 3 rings (SSSR count). The molecule has 0 aromatic heterocycles. The van der Waals surface area contributed by atoms with Gasteiger partial charge in [-0.15, -0.1) is 0 Å². The molecule has 2 aromatic carbocycles. The van der Waals surface area contributed by atoms with E-state index in [1.807, 2.05) is 57.2 Å². The number of carbonyl (C=O) groups excluding carboxylic acids is 2. The van der Waals surface area contributed by atoms with Gasteiger partial charge in [0.25, 0.3) is 5.91 Å². The van der Waals surface area contributed by atoms with Crippen molar-refractivity contribution >= 4 is 11.8 Å². The maximum absolute atomic E-state index is 12.8. The zero-order valence-electron chi connectivity index (χ0n) is 18.6. The number of nitrogens with zero attached hydrogens (tertiary/aromatic N) is 1. The summed E-state index contributed by atoms with van der Waals surface area (Å²) >= 11 is 0. The van der Waals surface area contributed by atoms with E-state index in [-0.39, 0.29) is 23.8 Å². The maximum Gasteiger partial charge on any atom is 0.251 e. The van der Waals surface area contributed by atoms with Crippen LogP contribution in [-0.2, 0) is 16.1 Å². The number of hydrogen-bond acceptors (Lipinski definition) is 4. The van der Waals surface area contributed by atoms with Crippen molar-refractivity contribution in [3.63, 3.8) is 0 Å². The van der Waals surface area contributed by atoms with Gasteiger partial charge in [-0.05, 0) is 30.5 Å². The Hall–Kier alpha value is -2.70. The molecule has 166 valence electrons. The molecule has 1 heterocycles. The van der Waals surface area contributed by atoms with Crippen molar-refractivity contribution in [1.29, 1.82) is 0 Å². The zero-order valence-corrected chi connectivity index (χ0v) is 18.6. The first-order valence-corrected chi connectivity index (χ1v) is 11.0. The second kappa shape index (κ2) is 11.1. The van der Waals surface area contributed by atoms with Crippen molar-refractivity contribution in [3.8, 4) is 0 Å². The van der Waals surface area contributed by atoms with Crippen LogP contribution in [0, 0.1) is 12.8 Å². The lowest BCUT2D eigenvalue weighted by Gasteiger charge is -2.33. The quantitative estimate of drug-likeness (QED) is 0.685. The molecule has 2 N–H and O–H groups in total. The van der Waals surface area contributed by atoms with Crippen LogP contribution >= 0.6 is 0 Å². The van der Waals surface area contributed by atoms with E-state index in [4.69, 9.17) is 4.74 Å². The van der Waals surface area contributed by atoms with Crippen LogP contribution in [0.1, 0.15) is 35.3 Å². The first kappa shape index (κ1) is 23.0. The zero-order chi connectivity index (χ0) is 22.2. The molecule has 0 spiro atoms. The molecule has 1 aliphatic rings. The van der Waals surface area contributed by atoms with Crippen molar-refractivity contribution in [2.75, 3.05) is 26.2 Å². The topological polar surface area (TPSA) is 70.7 Å². The largest absolute Gasteiger partial charge is 0.374 e. The Bertz CT molecular complexity index is 869. The first-order chi connectivity index (χ1) is 14.9. The van der Waals surface area contributed by atoms with Crippen molar-refractivity contribution in [2.45, 2.75) is 39.5 Å². The predicted octanol–water partition coefficient (Wildman–Crippen LogP) is 2.77. The van der Waals surface area contributed by atoms with Crippen LogP contribution in [0.3, 0.4) is 0 Å². The van der Waals surface area contributed by atoms with Crippen LogP contribution in [0.15, 0.2) is 54.6 Å². The number of hydrogen-bond donors (Lipinski definition) is 2. The van der Waals surface area contributed by atoms with E-state index in [9.17, 15) is 9.59 Å². The molecule has 31 heavy (non-hydrogen) atoms. The highest BCUT2D eigenvalue weighted by atomic mass is 16.5. The van der Waals surface area contributed by atoms with E-state index in [1.165, 1.54) is 5.56 Å². The van der Waals surface area contributed by atoms with E-state index < -0.39 is 6.04 Å².